The van der Waals surface area contributed by atoms with Crippen LogP contribution in [0.5, 0.6) is 0 Å². The lowest BCUT2D eigenvalue weighted by molar-refractivity contribution is 0.102. The monoisotopic (exact) mass is 319 g/mol. The maximum absolute atomic E-state index is 12.5. The third-order valence-corrected chi connectivity index (χ3v) is 3.69. The van der Waals surface area contributed by atoms with Gasteiger partial charge in [-0.15, -0.1) is 5.10 Å². The number of amides is 1. The summed E-state index contributed by atoms with van der Waals surface area (Å²) < 4.78 is 1.52. The van der Waals surface area contributed by atoms with Crippen molar-refractivity contribution in [1.82, 2.24) is 30.2 Å². The highest BCUT2D eigenvalue weighted by atomic mass is 16.1. The molecule has 0 saturated heterocycles. The molecule has 8 heteroatoms. The first-order chi connectivity index (χ1) is 11.7. The number of aryl methyl sites for hydroxylation is 1. The molecule has 2 aromatic heterocycles. The van der Waals surface area contributed by atoms with Crippen molar-refractivity contribution >= 4 is 22.9 Å². The summed E-state index contributed by atoms with van der Waals surface area (Å²) >= 11 is 0. The van der Waals surface area contributed by atoms with E-state index in [-0.39, 0.29) is 5.91 Å². The number of nitrogens with zero attached hydrogens (tertiary/aromatic N) is 5. The van der Waals surface area contributed by atoms with Gasteiger partial charge in [0.15, 0.2) is 0 Å². The zero-order chi connectivity index (χ0) is 16.5. The summed E-state index contributed by atoms with van der Waals surface area (Å²) in [6.07, 6.45) is 1.49. The maximum Gasteiger partial charge on any atom is 0.258 e. The molecule has 0 aliphatic carbocycles. The molecule has 0 spiro atoms. The van der Waals surface area contributed by atoms with Crippen LogP contribution in [-0.4, -0.2) is 36.1 Å². The Kier molecular flexibility index (Phi) is 3.27. The molecule has 2 N–H and O–H groups in total. The van der Waals surface area contributed by atoms with E-state index >= 15 is 0 Å². The molecule has 118 valence electrons. The Balaban J connectivity index is 1.63. The van der Waals surface area contributed by atoms with Crippen LogP contribution in [0.4, 0.5) is 5.95 Å². The van der Waals surface area contributed by atoms with Gasteiger partial charge in [-0.1, -0.05) is 18.2 Å². The summed E-state index contributed by atoms with van der Waals surface area (Å²) in [5.74, 6) is 0.147. The third kappa shape index (κ3) is 2.50. The number of anilines is 1. The van der Waals surface area contributed by atoms with Gasteiger partial charge >= 0.3 is 0 Å². The summed E-state index contributed by atoms with van der Waals surface area (Å²) in [6, 6.07) is 12.9. The predicted octanol–water partition coefficient (Wildman–Crippen LogP) is 2.10. The first kappa shape index (κ1) is 14.1. The lowest BCUT2D eigenvalue weighted by Gasteiger charge is -2.07. The van der Waals surface area contributed by atoms with E-state index < -0.39 is 0 Å². The van der Waals surface area contributed by atoms with Crippen molar-refractivity contribution in [3.8, 4) is 5.69 Å². The van der Waals surface area contributed by atoms with E-state index in [4.69, 9.17) is 0 Å². The van der Waals surface area contributed by atoms with Crippen LogP contribution in [0.2, 0.25) is 0 Å². The second-order valence-corrected chi connectivity index (χ2v) is 5.31. The molecule has 0 bridgehead atoms. The summed E-state index contributed by atoms with van der Waals surface area (Å²) in [7, 11) is 0. The van der Waals surface area contributed by atoms with Crippen molar-refractivity contribution in [1.29, 1.82) is 0 Å². The van der Waals surface area contributed by atoms with Gasteiger partial charge in [0.2, 0.25) is 5.95 Å². The normalized spacial score (nSPS) is 10.9. The average Bonchev–Trinajstić information content (AvgIpc) is 3.24. The smallest absolute Gasteiger partial charge is 0.258 e. The highest BCUT2D eigenvalue weighted by molar-refractivity contribution is 6.04. The third-order valence-electron chi connectivity index (χ3n) is 3.69. The largest absolute Gasteiger partial charge is 0.324 e. The molecule has 2 aromatic carbocycles. The Morgan fingerprint density at radius 2 is 2.08 bits per heavy atom. The van der Waals surface area contributed by atoms with Gasteiger partial charge in [-0.25, -0.2) is 9.67 Å². The van der Waals surface area contributed by atoms with Crippen LogP contribution < -0.4 is 5.32 Å². The van der Waals surface area contributed by atoms with E-state index in [0.717, 1.165) is 22.3 Å². The van der Waals surface area contributed by atoms with E-state index in [9.17, 15) is 4.79 Å². The minimum absolute atomic E-state index is 0.261. The highest BCUT2D eigenvalue weighted by Crippen LogP contribution is 2.17. The average molecular weight is 319 g/mol. The quantitative estimate of drug-likeness (QED) is 0.602. The van der Waals surface area contributed by atoms with Crippen molar-refractivity contribution < 1.29 is 4.79 Å². The van der Waals surface area contributed by atoms with Gasteiger partial charge in [0.05, 0.1) is 16.7 Å². The number of imidazole rings is 1. The number of tetrazole rings is 1. The second kappa shape index (κ2) is 5.58. The topological polar surface area (TPSA) is 101 Å². The van der Waals surface area contributed by atoms with Crippen LogP contribution >= 0.6 is 0 Å². The molecule has 0 saturated carbocycles. The van der Waals surface area contributed by atoms with Crippen LogP contribution in [0.1, 0.15) is 15.9 Å². The number of H-pyrrole nitrogens is 1. The second-order valence-electron chi connectivity index (χ2n) is 5.31. The number of para-hydroxylation sites is 2. The van der Waals surface area contributed by atoms with E-state index in [1.165, 1.54) is 11.0 Å². The Labute approximate surface area is 136 Å². The number of aromatic amines is 1. The summed E-state index contributed by atoms with van der Waals surface area (Å²) in [5.41, 5.74) is 3.86. The molecule has 4 aromatic rings. The van der Waals surface area contributed by atoms with Crippen LogP contribution in [-0.2, 0) is 0 Å². The van der Waals surface area contributed by atoms with Crippen LogP contribution in [0.25, 0.3) is 16.7 Å². The van der Waals surface area contributed by atoms with Crippen LogP contribution in [0, 0.1) is 6.92 Å². The molecule has 8 nitrogen and oxygen atoms in total. The Hall–Kier alpha value is -3.55. The SMILES string of the molecule is Cc1ccc(C(=O)Nc2nc3ccccc3[nH]2)cc1-n1cnnn1. The standard InChI is InChI=1S/C16H13N7O/c1-10-6-7-11(8-14(10)23-9-17-21-22-23)15(24)20-16-18-12-4-2-3-5-13(12)19-16/h2-9H,1H3,(H2,18,19,20,24). The van der Waals surface area contributed by atoms with Gasteiger partial charge in [-0.3, -0.25) is 10.1 Å². The van der Waals surface area contributed by atoms with Crippen molar-refractivity contribution in [3.63, 3.8) is 0 Å². The zero-order valence-corrected chi connectivity index (χ0v) is 12.8. The van der Waals surface area contributed by atoms with Gasteiger partial charge in [0.25, 0.3) is 5.91 Å². The number of hydrogen-bond acceptors (Lipinski definition) is 5. The molecule has 0 unspecified atom stereocenters. The summed E-state index contributed by atoms with van der Waals surface area (Å²) in [6.45, 7) is 1.93. The highest BCUT2D eigenvalue weighted by Gasteiger charge is 2.12. The minimum Gasteiger partial charge on any atom is -0.324 e. The number of carbonyl (C=O) groups excluding carboxylic acids is 1. The fraction of sp³-hybridized carbons (Fsp3) is 0.0625. The molecule has 0 radical (unpaired) electrons. The minimum atomic E-state index is -0.261. The van der Waals surface area contributed by atoms with Crippen molar-refractivity contribution in [2.24, 2.45) is 0 Å². The fourth-order valence-corrected chi connectivity index (χ4v) is 2.46. The molecule has 2 heterocycles. The first-order valence-corrected chi connectivity index (χ1v) is 7.31. The number of aromatic nitrogens is 6. The molecular weight excluding hydrogens is 306 g/mol. The number of fused-ring (bicyclic) bond motifs is 1. The maximum atomic E-state index is 12.5. The molecule has 0 fully saturated rings. The number of benzene rings is 2. The number of nitrogens with one attached hydrogen (secondary N) is 2. The molecule has 0 atom stereocenters. The van der Waals surface area contributed by atoms with Crippen molar-refractivity contribution in [2.45, 2.75) is 6.92 Å². The van der Waals surface area contributed by atoms with E-state index in [2.05, 4.69) is 30.8 Å². The van der Waals surface area contributed by atoms with Gasteiger partial charge < -0.3 is 4.98 Å². The van der Waals surface area contributed by atoms with E-state index in [0.29, 0.717) is 11.5 Å². The lowest BCUT2D eigenvalue weighted by Crippen LogP contribution is -2.14. The van der Waals surface area contributed by atoms with Gasteiger partial charge in [0.1, 0.15) is 6.33 Å². The Morgan fingerprint density at radius 1 is 1.21 bits per heavy atom. The molecule has 0 aliphatic rings. The van der Waals surface area contributed by atoms with Crippen LogP contribution in [0.15, 0.2) is 48.8 Å². The van der Waals surface area contributed by atoms with Gasteiger partial charge in [0, 0.05) is 5.56 Å². The molecule has 0 aliphatic heterocycles. The Morgan fingerprint density at radius 3 is 2.88 bits per heavy atom. The van der Waals surface area contributed by atoms with Gasteiger partial charge in [-0.05, 0) is 47.2 Å². The summed E-state index contributed by atoms with van der Waals surface area (Å²) in [5, 5.41) is 13.9. The molecule has 24 heavy (non-hydrogen) atoms. The molecular formula is C16H13N7O. The Bertz CT molecular complexity index is 987. The predicted molar refractivity (Wildman–Crippen MR) is 87.9 cm³/mol. The first-order valence-electron chi connectivity index (χ1n) is 7.31. The summed E-state index contributed by atoms with van der Waals surface area (Å²) in [4.78, 5) is 19.9. The van der Waals surface area contributed by atoms with Crippen molar-refractivity contribution in [2.75, 3.05) is 5.32 Å². The lowest BCUT2D eigenvalue weighted by atomic mass is 10.1. The number of rotatable bonds is 3. The number of hydrogen-bond donors (Lipinski definition) is 2. The molecule has 1 amide bonds. The van der Waals surface area contributed by atoms with Crippen LogP contribution in [0.3, 0.4) is 0 Å². The molecule has 4 rings (SSSR count). The zero-order valence-electron chi connectivity index (χ0n) is 12.8. The van der Waals surface area contributed by atoms with E-state index in [1.807, 2.05) is 37.3 Å². The van der Waals surface area contributed by atoms with E-state index in [1.54, 1.807) is 12.1 Å². The fourth-order valence-electron chi connectivity index (χ4n) is 2.46. The number of carbonyl (C=O) groups is 1. The van der Waals surface area contributed by atoms with Crippen molar-refractivity contribution in [3.05, 3.63) is 59.9 Å². The van der Waals surface area contributed by atoms with Gasteiger partial charge in [-0.2, -0.15) is 0 Å².